The summed E-state index contributed by atoms with van der Waals surface area (Å²) in [4.78, 5) is 21.0. The molecule has 4 nitrogen and oxygen atoms in total. The van der Waals surface area contributed by atoms with Gasteiger partial charge in [-0.2, -0.15) is 0 Å². The number of nitrogens with zero attached hydrogens (tertiary/aromatic N) is 2. The second-order valence-electron chi connectivity index (χ2n) is 6.13. The van der Waals surface area contributed by atoms with E-state index in [1.54, 1.807) is 12.4 Å². The fourth-order valence-corrected chi connectivity index (χ4v) is 2.89. The first kappa shape index (κ1) is 16.0. The number of hydrogen-bond donors (Lipinski definition) is 1. The zero-order valence-corrected chi connectivity index (χ0v) is 14.3. The molecular formula is C22H17N3O. The molecule has 4 aromatic rings. The number of amides is 1. The molecule has 0 spiro atoms. The lowest BCUT2D eigenvalue weighted by Gasteiger charge is -2.08. The molecule has 0 aliphatic carbocycles. The lowest BCUT2D eigenvalue weighted by Crippen LogP contribution is -2.11. The van der Waals surface area contributed by atoms with Crippen LogP contribution in [0.4, 0.5) is 5.69 Å². The van der Waals surface area contributed by atoms with E-state index in [1.807, 2.05) is 73.7 Å². The Labute approximate surface area is 151 Å². The van der Waals surface area contributed by atoms with Gasteiger partial charge in [-0.05, 0) is 60.5 Å². The van der Waals surface area contributed by atoms with Gasteiger partial charge in [0.05, 0.1) is 5.52 Å². The highest BCUT2D eigenvalue weighted by Crippen LogP contribution is 2.21. The predicted molar refractivity (Wildman–Crippen MR) is 104 cm³/mol. The van der Waals surface area contributed by atoms with Gasteiger partial charge in [-0.25, -0.2) is 0 Å². The molecule has 1 amide bonds. The standard InChI is InChI=1S/C22H17N3O/c1-15-13-19(10-12-23-15)16-4-6-18(7-5-16)22(26)25-20-9-8-17-3-2-11-24-21(17)14-20/h2-14H,1H3,(H,25,26). The third-order valence-corrected chi connectivity index (χ3v) is 4.24. The van der Waals surface area contributed by atoms with Crippen molar-refractivity contribution in [3.05, 3.63) is 90.4 Å². The maximum Gasteiger partial charge on any atom is 0.255 e. The molecule has 26 heavy (non-hydrogen) atoms. The number of aromatic nitrogens is 2. The molecule has 4 heteroatoms. The number of carbonyl (C=O) groups excluding carboxylic acids is 1. The molecule has 0 aliphatic heterocycles. The van der Waals surface area contributed by atoms with Gasteiger partial charge in [-0.15, -0.1) is 0 Å². The molecule has 2 aromatic heterocycles. The van der Waals surface area contributed by atoms with E-state index in [2.05, 4.69) is 15.3 Å². The summed E-state index contributed by atoms with van der Waals surface area (Å²) in [5.74, 6) is -0.141. The van der Waals surface area contributed by atoms with Crippen LogP contribution in [0.3, 0.4) is 0 Å². The Bertz CT molecular complexity index is 1090. The largest absolute Gasteiger partial charge is 0.322 e. The molecule has 4 rings (SSSR count). The molecule has 126 valence electrons. The first-order valence-electron chi connectivity index (χ1n) is 8.38. The van der Waals surface area contributed by atoms with Crippen molar-refractivity contribution in [2.75, 3.05) is 5.32 Å². The van der Waals surface area contributed by atoms with E-state index in [4.69, 9.17) is 0 Å². The van der Waals surface area contributed by atoms with Gasteiger partial charge in [0.1, 0.15) is 0 Å². The van der Waals surface area contributed by atoms with Gasteiger partial charge in [-0.1, -0.05) is 24.3 Å². The molecule has 0 saturated heterocycles. The van der Waals surface area contributed by atoms with Crippen LogP contribution < -0.4 is 5.32 Å². The van der Waals surface area contributed by atoms with Crippen molar-refractivity contribution in [1.29, 1.82) is 0 Å². The van der Waals surface area contributed by atoms with Crippen LogP contribution in [0.15, 0.2) is 79.1 Å². The van der Waals surface area contributed by atoms with Crippen LogP contribution in [0.25, 0.3) is 22.0 Å². The van der Waals surface area contributed by atoms with Crippen LogP contribution in [0.2, 0.25) is 0 Å². The van der Waals surface area contributed by atoms with Gasteiger partial charge >= 0.3 is 0 Å². The molecule has 0 unspecified atom stereocenters. The second-order valence-corrected chi connectivity index (χ2v) is 6.13. The highest BCUT2D eigenvalue weighted by Gasteiger charge is 2.07. The van der Waals surface area contributed by atoms with Gasteiger partial charge < -0.3 is 5.32 Å². The van der Waals surface area contributed by atoms with Crippen LogP contribution >= 0.6 is 0 Å². The van der Waals surface area contributed by atoms with Crippen molar-refractivity contribution in [2.45, 2.75) is 6.92 Å². The van der Waals surface area contributed by atoms with Crippen LogP contribution in [-0.2, 0) is 0 Å². The lowest BCUT2D eigenvalue weighted by atomic mass is 10.0. The number of anilines is 1. The molecule has 0 aliphatic rings. The van der Waals surface area contributed by atoms with Crippen molar-refractivity contribution in [3.8, 4) is 11.1 Å². The van der Waals surface area contributed by atoms with E-state index in [0.29, 0.717) is 5.56 Å². The summed E-state index contributed by atoms with van der Waals surface area (Å²) in [7, 11) is 0. The maximum absolute atomic E-state index is 12.5. The van der Waals surface area contributed by atoms with Gasteiger partial charge in [0.25, 0.3) is 5.91 Å². The van der Waals surface area contributed by atoms with E-state index < -0.39 is 0 Å². The molecule has 0 radical (unpaired) electrons. The Kier molecular flexibility index (Phi) is 4.15. The van der Waals surface area contributed by atoms with Gasteiger partial charge in [0.2, 0.25) is 0 Å². The van der Waals surface area contributed by atoms with Gasteiger partial charge in [0.15, 0.2) is 0 Å². The highest BCUT2D eigenvalue weighted by atomic mass is 16.1. The highest BCUT2D eigenvalue weighted by molar-refractivity contribution is 6.05. The van der Waals surface area contributed by atoms with Crippen LogP contribution in [-0.4, -0.2) is 15.9 Å². The van der Waals surface area contributed by atoms with E-state index >= 15 is 0 Å². The Morgan fingerprint density at radius 1 is 0.846 bits per heavy atom. The van der Waals surface area contributed by atoms with Gasteiger partial charge in [0, 0.05) is 34.7 Å². The average Bonchev–Trinajstić information content (AvgIpc) is 2.68. The molecule has 1 N–H and O–H groups in total. The lowest BCUT2D eigenvalue weighted by molar-refractivity contribution is 0.102. The van der Waals surface area contributed by atoms with E-state index in [-0.39, 0.29) is 5.91 Å². The predicted octanol–water partition coefficient (Wildman–Crippen LogP) is 4.86. The van der Waals surface area contributed by atoms with Crippen molar-refractivity contribution >= 4 is 22.5 Å². The summed E-state index contributed by atoms with van der Waals surface area (Å²) in [5, 5.41) is 3.97. The smallest absolute Gasteiger partial charge is 0.255 e. The van der Waals surface area contributed by atoms with Crippen LogP contribution in [0.5, 0.6) is 0 Å². The van der Waals surface area contributed by atoms with E-state index in [9.17, 15) is 4.79 Å². The molecule has 0 fully saturated rings. The Hall–Kier alpha value is -3.53. The number of carbonyl (C=O) groups is 1. The zero-order valence-electron chi connectivity index (χ0n) is 14.3. The minimum absolute atomic E-state index is 0.141. The fourth-order valence-electron chi connectivity index (χ4n) is 2.89. The number of pyridine rings is 2. The van der Waals surface area contributed by atoms with Crippen molar-refractivity contribution < 1.29 is 4.79 Å². The third-order valence-electron chi connectivity index (χ3n) is 4.24. The maximum atomic E-state index is 12.5. The van der Waals surface area contributed by atoms with Crippen molar-refractivity contribution in [2.24, 2.45) is 0 Å². The van der Waals surface area contributed by atoms with Crippen molar-refractivity contribution in [3.63, 3.8) is 0 Å². The number of benzene rings is 2. The number of nitrogens with one attached hydrogen (secondary N) is 1. The normalized spacial score (nSPS) is 10.7. The summed E-state index contributed by atoms with van der Waals surface area (Å²) >= 11 is 0. The summed E-state index contributed by atoms with van der Waals surface area (Å²) in [5.41, 5.74) is 5.31. The van der Waals surface area contributed by atoms with E-state index in [0.717, 1.165) is 33.4 Å². The first-order valence-corrected chi connectivity index (χ1v) is 8.38. The SMILES string of the molecule is Cc1cc(-c2ccc(C(=O)Nc3ccc4cccnc4c3)cc2)ccn1. The number of rotatable bonds is 3. The molecule has 0 atom stereocenters. The second kappa shape index (κ2) is 6.76. The molecule has 0 saturated carbocycles. The molecule has 0 bridgehead atoms. The molecule has 2 aromatic carbocycles. The fraction of sp³-hybridized carbons (Fsp3) is 0.0455. The minimum atomic E-state index is -0.141. The average molecular weight is 339 g/mol. The number of fused-ring (bicyclic) bond motifs is 1. The van der Waals surface area contributed by atoms with Crippen molar-refractivity contribution in [1.82, 2.24) is 9.97 Å². The number of aryl methyl sites for hydroxylation is 1. The first-order chi connectivity index (χ1) is 12.7. The Balaban J connectivity index is 1.54. The quantitative estimate of drug-likeness (QED) is 0.580. The molecular weight excluding hydrogens is 322 g/mol. The topological polar surface area (TPSA) is 54.9 Å². The Morgan fingerprint density at radius 2 is 1.69 bits per heavy atom. The number of hydrogen-bond acceptors (Lipinski definition) is 3. The third kappa shape index (κ3) is 3.30. The summed E-state index contributed by atoms with van der Waals surface area (Å²) in [6.45, 7) is 1.96. The summed E-state index contributed by atoms with van der Waals surface area (Å²) < 4.78 is 0. The summed E-state index contributed by atoms with van der Waals surface area (Å²) in [6, 6.07) is 21.2. The molecule has 2 heterocycles. The van der Waals surface area contributed by atoms with Crippen LogP contribution in [0, 0.1) is 6.92 Å². The van der Waals surface area contributed by atoms with Gasteiger partial charge in [-0.3, -0.25) is 14.8 Å². The monoisotopic (exact) mass is 339 g/mol. The minimum Gasteiger partial charge on any atom is -0.322 e. The van der Waals surface area contributed by atoms with E-state index in [1.165, 1.54) is 0 Å². The zero-order chi connectivity index (χ0) is 17.9. The van der Waals surface area contributed by atoms with Crippen LogP contribution in [0.1, 0.15) is 16.1 Å². The Morgan fingerprint density at radius 3 is 2.50 bits per heavy atom. The summed E-state index contributed by atoms with van der Waals surface area (Å²) in [6.07, 6.45) is 3.53.